The third-order valence-corrected chi connectivity index (χ3v) is 3.30. The molecule has 0 atom stereocenters. The van der Waals surface area contributed by atoms with Crippen LogP contribution >= 0.6 is 23.2 Å². The van der Waals surface area contributed by atoms with Gasteiger partial charge in [0.05, 0.1) is 10.0 Å². The smallest absolute Gasteiger partial charge is 0.0598 e. The Morgan fingerprint density at radius 3 is 2.47 bits per heavy atom. The highest BCUT2D eigenvalue weighted by Gasteiger charge is 2.04. The molecule has 15 heavy (non-hydrogen) atoms. The molecule has 1 aliphatic heterocycles. The summed E-state index contributed by atoms with van der Waals surface area (Å²) in [5, 5.41) is 4.57. The number of nitrogens with one attached hydrogen (secondary N) is 1. The molecule has 0 bridgehead atoms. The molecule has 2 rings (SSSR count). The van der Waals surface area contributed by atoms with Crippen molar-refractivity contribution in [2.45, 2.75) is 12.8 Å². The van der Waals surface area contributed by atoms with Crippen LogP contribution in [-0.2, 0) is 0 Å². The Kier molecular flexibility index (Phi) is 3.68. The van der Waals surface area contributed by atoms with Crippen molar-refractivity contribution in [2.75, 3.05) is 13.1 Å². The molecule has 0 amide bonds. The van der Waals surface area contributed by atoms with Gasteiger partial charge in [-0.3, -0.25) is 0 Å². The molecule has 1 aliphatic rings. The van der Waals surface area contributed by atoms with Crippen molar-refractivity contribution in [1.29, 1.82) is 0 Å². The highest BCUT2D eigenvalue weighted by atomic mass is 35.5. The SMILES string of the molecule is Clc1ccc(C=C2CCNCC2)cc1Cl. The van der Waals surface area contributed by atoms with Gasteiger partial charge in [-0.1, -0.05) is 40.9 Å². The lowest BCUT2D eigenvalue weighted by Gasteiger charge is -2.15. The van der Waals surface area contributed by atoms with Gasteiger partial charge in [0, 0.05) is 0 Å². The summed E-state index contributed by atoms with van der Waals surface area (Å²) >= 11 is 11.8. The second-order valence-electron chi connectivity index (χ2n) is 3.73. The normalized spacial score (nSPS) is 16.5. The molecule has 80 valence electrons. The molecule has 0 unspecified atom stereocenters. The fourth-order valence-electron chi connectivity index (χ4n) is 1.73. The minimum absolute atomic E-state index is 0.615. The highest BCUT2D eigenvalue weighted by Crippen LogP contribution is 2.24. The van der Waals surface area contributed by atoms with E-state index in [0.29, 0.717) is 10.0 Å². The molecule has 1 aromatic rings. The first-order valence-electron chi connectivity index (χ1n) is 5.11. The van der Waals surface area contributed by atoms with Gasteiger partial charge in [-0.15, -0.1) is 0 Å². The Morgan fingerprint density at radius 2 is 1.80 bits per heavy atom. The van der Waals surface area contributed by atoms with Crippen LogP contribution in [0, 0.1) is 0 Å². The van der Waals surface area contributed by atoms with Gasteiger partial charge in [0.1, 0.15) is 0 Å². The van der Waals surface area contributed by atoms with E-state index in [1.165, 1.54) is 5.57 Å². The summed E-state index contributed by atoms with van der Waals surface area (Å²) in [6, 6.07) is 5.76. The van der Waals surface area contributed by atoms with Gasteiger partial charge < -0.3 is 5.32 Å². The molecule has 0 spiro atoms. The van der Waals surface area contributed by atoms with E-state index in [-0.39, 0.29) is 0 Å². The van der Waals surface area contributed by atoms with Gasteiger partial charge in [-0.25, -0.2) is 0 Å². The van der Waals surface area contributed by atoms with E-state index in [2.05, 4.69) is 11.4 Å². The molecule has 1 nitrogen and oxygen atoms in total. The van der Waals surface area contributed by atoms with E-state index in [1.807, 2.05) is 18.2 Å². The van der Waals surface area contributed by atoms with Gasteiger partial charge in [-0.2, -0.15) is 0 Å². The number of benzene rings is 1. The molecular weight excluding hydrogens is 229 g/mol. The van der Waals surface area contributed by atoms with Gasteiger partial charge in [0.25, 0.3) is 0 Å². The fraction of sp³-hybridized carbons (Fsp3) is 0.333. The van der Waals surface area contributed by atoms with E-state index in [1.54, 1.807) is 0 Å². The van der Waals surface area contributed by atoms with Crippen LogP contribution in [0.2, 0.25) is 10.0 Å². The zero-order valence-corrected chi connectivity index (χ0v) is 9.91. The van der Waals surface area contributed by atoms with Crippen LogP contribution in [0.1, 0.15) is 18.4 Å². The van der Waals surface area contributed by atoms with Crippen LogP contribution in [0.5, 0.6) is 0 Å². The number of rotatable bonds is 1. The van der Waals surface area contributed by atoms with Crippen LogP contribution in [0.4, 0.5) is 0 Å². The van der Waals surface area contributed by atoms with Crippen molar-refractivity contribution >= 4 is 29.3 Å². The lowest BCUT2D eigenvalue weighted by Crippen LogP contribution is -2.22. The molecule has 3 heteroatoms. The number of hydrogen-bond acceptors (Lipinski definition) is 1. The largest absolute Gasteiger partial charge is 0.316 e. The zero-order chi connectivity index (χ0) is 10.7. The second kappa shape index (κ2) is 5.02. The zero-order valence-electron chi connectivity index (χ0n) is 8.39. The maximum Gasteiger partial charge on any atom is 0.0598 e. The summed E-state index contributed by atoms with van der Waals surface area (Å²) in [6.45, 7) is 2.15. The predicted octanol–water partition coefficient (Wildman–Crippen LogP) is 3.76. The Bertz CT molecular complexity index is 377. The van der Waals surface area contributed by atoms with Gasteiger partial charge in [-0.05, 0) is 43.6 Å². The topological polar surface area (TPSA) is 12.0 Å². The van der Waals surface area contributed by atoms with Crippen molar-refractivity contribution in [3.8, 4) is 0 Å². The molecule has 1 saturated heterocycles. The van der Waals surface area contributed by atoms with Crippen LogP contribution in [-0.4, -0.2) is 13.1 Å². The van der Waals surface area contributed by atoms with Crippen LogP contribution in [0.3, 0.4) is 0 Å². The van der Waals surface area contributed by atoms with Crippen molar-refractivity contribution < 1.29 is 0 Å². The average Bonchev–Trinajstić information content (AvgIpc) is 2.25. The minimum atomic E-state index is 0.615. The number of halogens is 2. The van der Waals surface area contributed by atoms with E-state index < -0.39 is 0 Å². The van der Waals surface area contributed by atoms with Crippen LogP contribution < -0.4 is 5.32 Å². The van der Waals surface area contributed by atoms with Crippen molar-refractivity contribution in [2.24, 2.45) is 0 Å². The van der Waals surface area contributed by atoms with Gasteiger partial charge in [0.15, 0.2) is 0 Å². The van der Waals surface area contributed by atoms with Crippen molar-refractivity contribution in [3.05, 3.63) is 39.4 Å². The summed E-state index contributed by atoms with van der Waals surface area (Å²) in [7, 11) is 0. The molecule has 1 N–H and O–H groups in total. The summed E-state index contributed by atoms with van der Waals surface area (Å²) in [6.07, 6.45) is 4.46. The fourth-order valence-corrected chi connectivity index (χ4v) is 2.04. The Morgan fingerprint density at radius 1 is 1.07 bits per heavy atom. The average molecular weight is 242 g/mol. The van der Waals surface area contributed by atoms with E-state index >= 15 is 0 Å². The number of piperidine rings is 1. The molecular formula is C12H13Cl2N. The second-order valence-corrected chi connectivity index (χ2v) is 4.54. The van der Waals surface area contributed by atoms with Crippen LogP contribution in [0.25, 0.3) is 6.08 Å². The first kappa shape index (κ1) is 11.0. The van der Waals surface area contributed by atoms with E-state index in [0.717, 1.165) is 31.5 Å². The lowest BCUT2D eigenvalue weighted by molar-refractivity contribution is 0.613. The molecule has 1 heterocycles. The van der Waals surface area contributed by atoms with E-state index in [4.69, 9.17) is 23.2 Å². The van der Waals surface area contributed by atoms with Gasteiger partial charge >= 0.3 is 0 Å². The summed E-state index contributed by atoms with van der Waals surface area (Å²) in [5.74, 6) is 0. The third kappa shape index (κ3) is 2.97. The minimum Gasteiger partial charge on any atom is -0.316 e. The quantitative estimate of drug-likeness (QED) is 0.790. The Balaban J connectivity index is 2.18. The molecule has 0 aliphatic carbocycles. The molecule has 0 aromatic heterocycles. The first-order chi connectivity index (χ1) is 7.25. The molecule has 0 saturated carbocycles. The molecule has 0 radical (unpaired) electrons. The van der Waals surface area contributed by atoms with Gasteiger partial charge in [0.2, 0.25) is 0 Å². The number of hydrogen-bond donors (Lipinski definition) is 1. The molecule has 1 fully saturated rings. The maximum atomic E-state index is 5.96. The predicted molar refractivity (Wildman–Crippen MR) is 66.5 cm³/mol. The summed E-state index contributed by atoms with van der Waals surface area (Å²) in [5.41, 5.74) is 2.62. The maximum absolute atomic E-state index is 5.96. The monoisotopic (exact) mass is 241 g/mol. The van der Waals surface area contributed by atoms with Crippen LogP contribution in [0.15, 0.2) is 23.8 Å². The van der Waals surface area contributed by atoms with E-state index in [9.17, 15) is 0 Å². The lowest BCUT2D eigenvalue weighted by atomic mass is 10.0. The van der Waals surface area contributed by atoms with Crippen molar-refractivity contribution in [3.63, 3.8) is 0 Å². The van der Waals surface area contributed by atoms with Crippen molar-refractivity contribution in [1.82, 2.24) is 5.32 Å². The summed E-state index contributed by atoms with van der Waals surface area (Å²) in [4.78, 5) is 0. The highest BCUT2D eigenvalue weighted by molar-refractivity contribution is 6.42. The Hall–Kier alpha value is -0.500. The molecule has 1 aromatic carbocycles. The Labute approximate surface area is 100 Å². The summed E-state index contributed by atoms with van der Waals surface area (Å²) < 4.78 is 0. The first-order valence-corrected chi connectivity index (χ1v) is 5.86. The third-order valence-electron chi connectivity index (χ3n) is 2.56. The standard InChI is InChI=1S/C12H13Cl2N/c13-11-2-1-10(8-12(11)14)7-9-3-5-15-6-4-9/h1-2,7-8,15H,3-6H2.